The summed E-state index contributed by atoms with van der Waals surface area (Å²) in [5.41, 5.74) is 1.60. The molecule has 7 amide bonds. The van der Waals surface area contributed by atoms with E-state index >= 15 is 0 Å². The van der Waals surface area contributed by atoms with E-state index in [1.54, 1.807) is 19.1 Å². The normalized spacial score (nSPS) is 25.7. The summed E-state index contributed by atoms with van der Waals surface area (Å²) in [7, 11) is 0. The van der Waals surface area contributed by atoms with E-state index < -0.39 is 84.4 Å². The fourth-order valence-corrected chi connectivity index (χ4v) is 7.47. The topological polar surface area (TPSA) is 187 Å². The molecule has 0 unspecified atom stereocenters. The molecule has 0 bridgehead atoms. The van der Waals surface area contributed by atoms with Gasteiger partial charge in [0.1, 0.15) is 42.9 Å². The van der Waals surface area contributed by atoms with Gasteiger partial charge in [-0.05, 0) is 56.6 Å². The predicted molar refractivity (Wildman–Crippen MR) is 202 cm³/mol. The number of benzene rings is 2. The van der Waals surface area contributed by atoms with Crippen molar-refractivity contribution in [1.82, 2.24) is 36.0 Å². The number of carbonyl (C=O) groups excluding carboxylic acids is 7. The molecule has 296 valence electrons. The second-order valence-electron chi connectivity index (χ2n) is 14.7. The van der Waals surface area contributed by atoms with Crippen LogP contribution < -0.4 is 21.3 Å². The predicted octanol–water partition coefficient (Wildman–Crippen LogP) is 1.50. The maximum atomic E-state index is 14.5. The molecular weight excluding hydrogens is 706 g/mol. The summed E-state index contributed by atoms with van der Waals surface area (Å²) >= 11 is 0. The molecule has 3 heterocycles. The number of nitrogens with zero attached hydrogens (tertiary/aromatic N) is 3. The zero-order valence-corrected chi connectivity index (χ0v) is 32.0. The van der Waals surface area contributed by atoms with Crippen LogP contribution in [0.5, 0.6) is 0 Å². The van der Waals surface area contributed by atoms with E-state index in [2.05, 4.69) is 21.3 Å². The number of hydrogen-bond donors (Lipinski definition) is 4. The van der Waals surface area contributed by atoms with Crippen molar-refractivity contribution in [3.63, 3.8) is 0 Å². The number of urea groups is 1. The van der Waals surface area contributed by atoms with Gasteiger partial charge >= 0.3 is 12.0 Å². The molecule has 2 aromatic rings. The van der Waals surface area contributed by atoms with Crippen LogP contribution in [0.3, 0.4) is 0 Å². The average Bonchev–Trinajstić information content (AvgIpc) is 3.84. The molecule has 3 fully saturated rings. The van der Waals surface area contributed by atoms with Crippen LogP contribution in [0.1, 0.15) is 64.5 Å². The molecule has 5 rings (SSSR count). The highest BCUT2D eigenvalue weighted by Crippen LogP contribution is 2.26. The van der Waals surface area contributed by atoms with E-state index in [0.717, 1.165) is 11.1 Å². The fourth-order valence-electron chi connectivity index (χ4n) is 7.47. The van der Waals surface area contributed by atoms with Crippen molar-refractivity contribution in [3.8, 4) is 0 Å². The van der Waals surface area contributed by atoms with Gasteiger partial charge in [0.2, 0.25) is 29.5 Å². The minimum Gasteiger partial charge on any atom is -0.461 e. The fraction of sp³-hybridized carbons (Fsp3) is 0.525. The van der Waals surface area contributed by atoms with Gasteiger partial charge in [-0.2, -0.15) is 0 Å². The Bertz CT molecular complexity index is 1710. The number of esters is 1. The number of cyclic esters (lactones) is 1. The summed E-state index contributed by atoms with van der Waals surface area (Å²) in [6.07, 6.45) is 1.74. The van der Waals surface area contributed by atoms with Crippen LogP contribution >= 0.6 is 0 Å². The van der Waals surface area contributed by atoms with E-state index in [4.69, 9.17) is 4.74 Å². The van der Waals surface area contributed by atoms with Crippen molar-refractivity contribution in [2.45, 2.75) is 103 Å². The molecule has 7 atom stereocenters. The molecule has 0 spiro atoms. The molecular formula is C40H53N7O8. The SMILES string of the molecule is CCCN1C(=O)[C@@H]2CCCN2C(=O)[C@@H](NC(=O)[C@H](Cc2ccccc2)NC(=O)NCc2ccccc2)COC(=O)[C@@H]2C[C@@H](C)CN2C(=O)[C@H](C)NC(=O)[C@@H]1C. The number of ether oxygens (including phenoxy) is 1. The highest BCUT2D eigenvalue weighted by Gasteiger charge is 2.45. The van der Waals surface area contributed by atoms with Crippen molar-refractivity contribution in [2.75, 3.05) is 26.2 Å². The number of hydrogen-bond acceptors (Lipinski definition) is 8. The van der Waals surface area contributed by atoms with Crippen molar-refractivity contribution in [2.24, 2.45) is 5.92 Å². The number of fused-ring (bicyclic) bond motifs is 2. The second kappa shape index (κ2) is 18.7. The molecule has 4 N–H and O–H groups in total. The first-order valence-electron chi connectivity index (χ1n) is 19.2. The van der Waals surface area contributed by atoms with E-state index in [9.17, 15) is 33.6 Å². The summed E-state index contributed by atoms with van der Waals surface area (Å²) < 4.78 is 5.73. The first kappa shape index (κ1) is 40.7. The number of carbonyl (C=O) groups is 7. The Balaban J connectivity index is 1.44. The second-order valence-corrected chi connectivity index (χ2v) is 14.7. The van der Waals surface area contributed by atoms with Crippen LogP contribution in [0, 0.1) is 5.92 Å². The molecule has 3 aliphatic heterocycles. The average molecular weight is 760 g/mol. The third-order valence-corrected chi connectivity index (χ3v) is 10.4. The first-order chi connectivity index (χ1) is 26.4. The molecule has 15 heteroatoms. The van der Waals surface area contributed by atoms with E-state index in [-0.39, 0.29) is 38.5 Å². The third kappa shape index (κ3) is 10.2. The lowest BCUT2D eigenvalue weighted by molar-refractivity contribution is -0.158. The third-order valence-electron chi connectivity index (χ3n) is 10.4. The Morgan fingerprint density at radius 3 is 2.22 bits per heavy atom. The van der Waals surface area contributed by atoms with Crippen LogP contribution in [0.4, 0.5) is 4.79 Å². The molecule has 0 aliphatic carbocycles. The highest BCUT2D eigenvalue weighted by molar-refractivity contribution is 5.97. The minimum absolute atomic E-state index is 0.0524. The molecule has 0 radical (unpaired) electrons. The van der Waals surface area contributed by atoms with Crippen molar-refractivity contribution in [3.05, 3.63) is 71.8 Å². The molecule has 55 heavy (non-hydrogen) atoms. The summed E-state index contributed by atoms with van der Waals surface area (Å²) in [5.74, 6) is -3.61. The Hall–Kier alpha value is -5.47. The molecule has 0 aromatic heterocycles. The quantitative estimate of drug-likeness (QED) is 0.277. The molecule has 0 saturated carbocycles. The van der Waals surface area contributed by atoms with Gasteiger partial charge in [0.15, 0.2) is 0 Å². The molecule has 2 aromatic carbocycles. The van der Waals surface area contributed by atoms with Gasteiger partial charge in [-0.3, -0.25) is 24.0 Å². The maximum absolute atomic E-state index is 14.5. The summed E-state index contributed by atoms with van der Waals surface area (Å²) in [6.45, 7) is 7.21. The van der Waals surface area contributed by atoms with Gasteiger partial charge in [-0.1, -0.05) is 74.5 Å². The summed E-state index contributed by atoms with van der Waals surface area (Å²) in [4.78, 5) is 101. The molecule has 3 saturated heterocycles. The van der Waals surface area contributed by atoms with Gasteiger partial charge in [-0.15, -0.1) is 0 Å². The molecule has 15 nitrogen and oxygen atoms in total. The standard InChI is InChI=1S/C40H53N7O8/c1-5-18-45-27(4)34(48)42-26(3)36(50)47-23-25(2)20-33(47)39(53)55-24-31(37(51)46-19-12-17-32(46)38(45)52)43-35(49)30(21-28-13-8-6-9-14-28)44-40(54)41-22-29-15-10-7-11-16-29/h6-11,13-16,25-27,30-33H,5,12,17-24H2,1-4H3,(H,42,48)(H,43,49)(H2,41,44,54)/t25-,26+,27+,30+,31+,32+,33+/m1/s1. The lowest BCUT2D eigenvalue weighted by Gasteiger charge is -2.36. The number of rotatable bonds is 9. The van der Waals surface area contributed by atoms with Gasteiger partial charge in [-0.25, -0.2) is 9.59 Å². The number of amides is 7. The van der Waals surface area contributed by atoms with E-state index in [0.29, 0.717) is 25.7 Å². The smallest absolute Gasteiger partial charge is 0.328 e. The van der Waals surface area contributed by atoms with Crippen LogP contribution in [0.2, 0.25) is 0 Å². The highest BCUT2D eigenvalue weighted by atomic mass is 16.5. The maximum Gasteiger partial charge on any atom is 0.328 e. The first-order valence-corrected chi connectivity index (χ1v) is 19.2. The van der Waals surface area contributed by atoms with Gasteiger partial charge in [0.25, 0.3) is 0 Å². The zero-order chi connectivity index (χ0) is 39.6. The van der Waals surface area contributed by atoms with Crippen LogP contribution in [0.25, 0.3) is 0 Å². The van der Waals surface area contributed by atoms with Crippen LogP contribution in [-0.2, 0) is 46.5 Å². The van der Waals surface area contributed by atoms with E-state index in [1.165, 1.54) is 21.6 Å². The van der Waals surface area contributed by atoms with Gasteiger partial charge in [0.05, 0.1) is 0 Å². The Morgan fingerprint density at radius 1 is 0.873 bits per heavy atom. The lowest BCUT2D eigenvalue weighted by Crippen LogP contribution is -2.61. The van der Waals surface area contributed by atoms with Crippen LogP contribution in [-0.4, -0.2) is 119 Å². The monoisotopic (exact) mass is 759 g/mol. The van der Waals surface area contributed by atoms with Crippen molar-refractivity contribution < 1.29 is 38.3 Å². The molecule has 3 aliphatic rings. The zero-order valence-electron chi connectivity index (χ0n) is 32.0. The van der Waals surface area contributed by atoms with Gasteiger partial charge in [0, 0.05) is 32.6 Å². The summed E-state index contributed by atoms with van der Waals surface area (Å²) in [6, 6.07) is 11.3. The summed E-state index contributed by atoms with van der Waals surface area (Å²) in [5, 5.41) is 11.0. The van der Waals surface area contributed by atoms with E-state index in [1.807, 2.05) is 62.4 Å². The Morgan fingerprint density at radius 2 is 1.55 bits per heavy atom. The Kier molecular flexibility index (Phi) is 13.9. The minimum atomic E-state index is -1.44. The Labute approximate surface area is 321 Å². The van der Waals surface area contributed by atoms with Crippen molar-refractivity contribution >= 4 is 41.5 Å². The van der Waals surface area contributed by atoms with Gasteiger partial charge < -0.3 is 40.7 Å². The lowest BCUT2D eigenvalue weighted by atomic mass is 10.0. The number of nitrogens with one attached hydrogen (secondary N) is 4. The largest absolute Gasteiger partial charge is 0.461 e. The van der Waals surface area contributed by atoms with Crippen molar-refractivity contribution in [1.29, 1.82) is 0 Å². The van der Waals surface area contributed by atoms with Crippen LogP contribution in [0.15, 0.2) is 60.7 Å².